The average molecular weight is 286 g/mol. The minimum atomic E-state index is -1.73. The molecule has 0 aromatic heterocycles. The lowest BCUT2D eigenvalue weighted by Gasteiger charge is -2.12. The van der Waals surface area contributed by atoms with Crippen LogP contribution in [-0.4, -0.2) is 40.4 Å². The first-order valence-electron chi connectivity index (χ1n) is 6.28. The van der Waals surface area contributed by atoms with Gasteiger partial charge in [0.2, 0.25) is 0 Å². The summed E-state index contributed by atoms with van der Waals surface area (Å²) in [5, 5.41) is 8.38. The number of carbonyl (C=O) groups is 1. The van der Waals surface area contributed by atoms with Crippen molar-refractivity contribution < 1.29 is 23.2 Å². The molecule has 0 aliphatic carbocycles. The molecule has 0 amide bonds. The highest BCUT2D eigenvalue weighted by Crippen LogP contribution is 1.96. The molecule has 0 bridgehead atoms. The first kappa shape index (κ1) is 17.8. The number of benzene rings is 1. The van der Waals surface area contributed by atoms with Crippen molar-refractivity contribution in [3.05, 3.63) is 35.9 Å². The quantitative estimate of drug-likeness (QED) is 0.778. The molecule has 1 aromatic rings. The summed E-state index contributed by atoms with van der Waals surface area (Å²) >= 11 is 0. The van der Waals surface area contributed by atoms with Gasteiger partial charge in [0, 0.05) is 19.8 Å². The normalized spacial score (nSPS) is 9.89. The second kappa shape index (κ2) is 11.9. The Bertz CT molecular complexity index is 317. The number of carboxylic acids is 1. The minimum absolute atomic E-state index is 0.331. The van der Waals surface area contributed by atoms with Gasteiger partial charge in [-0.25, -0.2) is 4.79 Å². The van der Waals surface area contributed by atoms with E-state index in [1.54, 1.807) is 30.3 Å². The topological polar surface area (TPSA) is 65.0 Å². The van der Waals surface area contributed by atoms with Crippen LogP contribution in [0.4, 0.5) is 0 Å². The maximum absolute atomic E-state index is 10.2. The number of hydrogen-bond acceptors (Lipinski definition) is 4. The molecule has 1 rings (SSSR count). The van der Waals surface area contributed by atoms with Gasteiger partial charge in [-0.1, -0.05) is 18.2 Å². The molecule has 19 heavy (non-hydrogen) atoms. The Kier molecular flexibility index (Phi) is 11.1. The zero-order valence-corrected chi connectivity index (χ0v) is 12.8. The molecule has 5 nitrogen and oxygen atoms in total. The molecule has 1 aromatic carbocycles. The summed E-state index contributed by atoms with van der Waals surface area (Å²) in [6.45, 7) is 7.86. The van der Waals surface area contributed by atoms with E-state index in [1.807, 2.05) is 20.8 Å². The Balaban J connectivity index is 0.000000342. The largest absolute Gasteiger partial charge is 0.484 e. The monoisotopic (exact) mass is 286 g/mol. The van der Waals surface area contributed by atoms with Crippen LogP contribution >= 0.6 is 0 Å². The van der Waals surface area contributed by atoms with Crippen LogP contribution in [0.3, 0.4) is 0 Å². The maximum Gasteiger partial charge on any atom is 0.484 e. The zero-order chi connectivity index (χ0) is 14.5. The highest BCUT2D eigenvalue weighted by Gasteiger charge is 2.11. The summed E-state index contributed by atoms with van der Waals surface area (Å²) in [5.41, 5.74) is 0.331. The van der Waals surface area contributed by atoms with E-state index < -0.39 is 15.5 Å². The van der Waals surface area contributed by atoms with Gasteiger partial charge in [-0.05, 0) is 32.9 Å². The second-order valence-corrected chi connectivity index (χ2v) is 4.90. The second-order valence-electron chi connectivity index (χ2n) is 3.33. The van der Waals surface area contributed by atoms with E-state index in [1.165, 1.54) is 0 Å². The Morgan fingerprint density at radius 1 is 1.00 bits per heavy atom. The van der Waals surface area contributed by atoms with Crippen LogP contribution in [0.2, 0.25) is 0 Å². The number of aromatic carboxylic acids is 1. The van der Waals surface area contributed by atoms with Crippen LogP contribution in [0, 0.1) is 0 Å². The van der Waals surface area contributed by atoms with Gasteiger partial charge in [-0.15, -0.1) is 0 Å². The van der Waals surface area contributed by atoms with Crippen molar-refractivity contribution in [3.63, 3.8) is 0 Å². The molecule has 0 unspecified atom stereocenters. The van der Waals surface area contributed by atoms with Gasteiger partial charge in [0.25, 0.3) is 0 Å². The van der Waals surface area contributed by atoms with Crippen molar-refractivity contribution >= 4 is 15.5 Å². The fourth-order valence-electron chi connectivity index (χ4n) is 1.13. The van der Waals surface area contributed by atoms with E-state index in [0.717, 1.165) is 0 Å². The van der Waals surface area contributed by atoms with Crippen molar-refractivity contribution in [2.45, 2.75) is 20.8 Å². The molecular weight excluding hydrogens is 264 g/mol. The highest BCUT2D eigenvalue weighted by molar-refractivity contribution is 6.36. The lowest BCUT2D eigenvalue weighted by Crippen LogP contribution is -2.27. The van der Waals surface area contributed by atoms with Gasteiger partial charge < -0.3 is 18.4 Å². The Morgan fingerprint density at radius 3 is 1.68 bits per heavy atom. The summed E-state index contributed by atoms with van der Waals surface area (Å²) in [7, 11) is -1.73. The molecule has 0 radical (unpaired) electrons. The van der Waals surface area contributed by atoms with E-state index in [0.29, 0.717) is 25.4 Å². The van der Waals surface area contributed by atoms with Crippen LogP contribution in [0.1, 0.15) is 31.1 Å². The fourth-order valence-corrected chi connectivity index (χ4v) is 2.24. The van der Waals surface area contributed by atoms with Crippen molar-refractivity contribution in [2.24, 2.45) is 0 Å². The van der Waals surface area contributed by atoms with E-state index in [4.69, 9.17) is 18.4 Å². The van der Waals surface area contributed by atoms with E-state index >= 15 is 0 Å². The molecule has 0 heterocycles. The molecule has 0 saturated heterocycles. The van der Waals surface area contributed by atoms with Crippen molar-refractivity contribution in [2.75, 3.05) is 19.8 Å². The molecule has 108 valence electrons. The highest BCUT2D eigenvalue weighted by atomic mass is 28.3. The molecule has 0 saturated carbocycles. The molecule has 0 aliphatic rings. The molecule has 0 spiro atoms. The number of rotatable bonds is 7. The molecule has 1 N–H and O–H groups in total. The van der Waals surface area contributed by atoms with Crippen LogP contribution in [-0.2, 0) is 13.3 Å². The average Bonchev–Trinajstić information content (AvgIpc) is 2.41. The van der Waals surface area contributed by atoms with Crippen molar-refractivity contribution in [1.82, 2.24) is 0 Å². The van der Waals surface area contributed by atoms with E-state index in [9.17, 15) is 4.79 Å². The van der Waals surface area contributed by atoms with Crippen LogP contribution in [0.5, 0.6) is 0 Å². The molecule has 6 heteroatoms. The lowest BCUT2D eigenvalue weighted by atomic mass is 10.2. The predicted molar refractivity (Wildman–Crippen MR) is 75.4 cm³/mol. The Morgan fingerprint density at radius 2 is 1.42 bits per heavy atom. The van der Waals surface area contributed by atoms with E-state index in [2.05, 4.69) is 0 Å². The van der Waals surface area contributed by atoms with Crippen LogP contribution in [0.25, 0.3) is 0 Å². The summed E-state index contributed by atoms with van der Waals surface area (Å²) in [6, 6.07) is 8.30. The Labute approximate surface area is 116 Å². The van der Waals surface area contributed by atoms with Gasteiger partial charge in [0.1, 0.15) is 0 Å². The van der Waals surface area contributed by atoms with Gasteiger partial charge in [0.05, 0.1) is 5.56 Å². The number of carboxylic acid groups (broad SMARTS) is 1. The SMILES string of the molecule is CCO[SiH](OCC)OCC.O=C(O)c1ccccc1. The van der Waals surface area contributed by atoms with Crippen molar-refractivity contribution in [3.8, 4) is 0 Å². The molecule has 0 atom stereocenters. The van der Waals surface area contributed by atoms with E-state index in [-0.39, 0.29) is 0 Å². The predicted octanol–water partition coefficient (Wildman–Crippen LogP) is 2.20. The van der Waals surface area contributed by atoms with Gasteiger partial charge in [0.15, 0.2) is 0 Å². The molecular formula is C13H22O5Si. The first-order valence-corrected chi connectivity index (χ1v) is 7.70. The molecule has 0 fully saturated rings. The summed E-state index contributed by atoms with van der Waals surface area (Å²) in [4.78, 5) is 10.2. The lowest BCUT2D eigenvalue weighted by molar-refractivity contribution is 0.0696. The molecule has 0 aliphatic heterocycles. The smallest absolute Gasteiger partial charge is 0.478 e. The zero-order valence-electron chi connectivity index (χ0n) is 11.7. The van der Waals surface area contributed by atoms with Crippen LogP contribution < -0.4 is 0 Å². The third-order valence-electron chi connectivity index (χ3n) is 1.93. The van der Waals surface area contributed by atoms with Gasteiger partial charge >= 0.3 is 15.5 Å². The maximum atomic E-state index is 10.2. The first-order chi connectivity index (χ1) is 9.15. The van der Waals surface area contributed by atoms with Crippen molar-refractivity contribution in [1.29, 1.82) is 0 Å². The van der Waals surface area contributed by atoms with Crippen LogP contribution in [0.15, 0.2) is 30.3 Å². The third-order valence-corrected chi connectivity index (χ3v) is 3.75. The summed E-state index contributed by atoms with van der Waals surface area (Å²) < 4.78 is 15.7. The van der Waals surface area contributed by atoms with Gasteiger partial charge in [-0.2, -0.15) is 0 Å². The standard InChI is InChI=1S/C7H6O2.C6H16O3Si/c8-7(9)6-4-2-1-3-5-6;1-4-7-10(8-5-2)9-6-3/h1-5H,(H,8,9);10H,4-6H2,1-3H3. The summed E-state index contributed by atoms with van der Waals surface area (Å²) in [6.07, 6.45) is 0. The van der Waals surface area contributed by atoms with Gasteiger partial charge in [-0.3, -0.25) is 0 Å². The summed E-state index contributed by atoms with van der Waals surface area (Å²) in [5.74, 6) is -0.879. The number of hydrogen-bond donors (Lipinski definition) is 1. The fraction of sp³-hybridized carbons (Fsp3) is 0.462. The Hall–Kier alpha value is -1.21. The minimum Gasteiger partial charge on any atom is -0.478 e. The third kappa shape index (κ3) is 9.37.